The fourth-order valence-electron chi connectivity index (χ4n) is 3.64. The Morgan fingerprint density at radius 1 is 1.12 bits per heavy atom. The minimum atomic E-state index is -3.76. The molecule has 0 unspecified atom stereocenters. The molecule has 11 heteroatoms. The Hall–Kier alpha value is -2.53. The molecule has 1 N–H and O–H groups in total. The zero-order chi connectivity index (χ0) is 24.7. The van der Waals surface area contributed by atoms with Crippen LogP contribution < -0.4 is 19.1 Å². The normalized spacial score (nSPS) is 14.5. The lowest BCUT2D eigenvalue weighted by Gasteiger charge is -2.27. The quantitative estimate of drug-likeness (QED) is 0.523. The Labute approximate surface area is 205 Å². The predicted octanol–water partition coefficient (Wildman–Crippen LogP) is 2.39. The standard InChI is InChI=1S/C23H30ClN3O6S/c1-31-21-14-19(23(28)25-8-9-26-10-12-33-13-11-26)20(15-22(21)32-2)27(34(3,29)30)16-17-4-6-18(24)7-5-17/h4-7,14-15H,8-13,16H2,1-3H3,(H,25,28). The van der Waals surface area contributed by atoms with Gasteiger partial charge in [0.1, 0.15) is 0 Å². The van der Waals surface area contributed by atoms with Gasteiger partial charge in [-0.25, -0.2) is 8.42 Å². The molecule has 1 heterocycles. The molecule has 1 aliphatic rings. The summed E-state index contributed by atoms with van der Waals surface area (Å²) in [5, 5.41) is 3.44. The van der Waals surface area contributed by atoms with E-state index in [0.717, 1.165) is 19.3 Å². The number of carbonyl (C=O) groups excluding carboxylic acids is 1. The van der Waals surface area contributed by atoms with Gasteiger partial charge in [0.05, 0.1) is 51.5 Å². The van der Waals surface area contributed by atoms with Crippen molar-refractivity contribution in [1.82, 2.24) is 10.2 Å². The predicted molar refractivity (Wildman–Crippen MR) is 132 cm³/mol. The van der Waals surface area contributed by atoms with Crippen LogP contribution in [-0.4, -0.2) is 79.1 Å². The molecule has 1 saturated heterocycles. The molecule has 34 heavy (non-hydrogen) atoms. The van der Waals surface area contributed by atoms with Crippen molar-refractivity contribution >= 4 is 33.2 Å². The third kappa shape index (κ3) is 6.75. The van der Waals surface area contributed by atoms with Gasteiger partial charge in [-0.15, -0.1) is 0 Å². The minimum Gasteiger partial charge on any atom is -0.493 e. The second-order valence-electron chi connectivity index (χ2n) is 7.83. The highest BCUT2D eigenvalue weighted by atomic mass is 35.5. The molecule has 2 aromatic rings. The largest absolute Gasteiger partial charge is 0.493 e. The number of halogens is 1. The summed E-state index contributed by atoms with van der Waals surface area (Å²) in [6, 6.07) is 9.86. The number of sulfonamides is 1. The molecule has 0 spiro atoms. The number of nitrogens with one attached hydrogen (secondary N) is 1. The molecule has 0 aromatic heterocycles. The van der Waals surface area contributed by atoms with Gasteiger partial charge in [-0.2, -0.15) is 0 Å². The van der Waals surface area contributed by atoms with E-state index in [1.807, 2.05) is 0 Å². The van der Waals surface area contributed by atoms with Crippen LogP contribution in [0.3, 0.4) is 0 Å². The third-order valence-electron chi connectivity index (χ3n) is 5.47. The van der Waals surface area contributed by atoms with Crippen molar-refractivity contribution < 1.29 is 27.4 Å². The van der Waals surface area contributed by atoms with Crippen LogP contribution in [0.5, 0.6) is 11.5 Å². The Morgan fingerprint density at radius 3 is 2.32 bits per heavy atom. The summed E-state index contributed by atoms with van der Waals surface area (Å²) in [6.07, 6.45) is 1.10. The molecule has 1 aliphatic heterocycles. The fourth-order valence-corrected chi connectivity index (χ4v) is 4.66. The van der Waals surface area contributed by atoms with E-state index in [9.17, 15) is 13.2 Å². The average Bonchev–Trinajstić information content (AvgIpc) is 2.82. The van der Waals surface area contributed by atoms with E-state index >= 15 is 0 Å². The van der Waals surface area contributed by atoms with Crippen molar-refractivity contribution in [3.8, 4) is 11.5 Å². The first kappa shape index (κ1) is 26.1. The van der Waals surface area contributed by atoms with Crippen molar-refractivity contribution in [2.24, 2.45) is 0 Å². The Bertz CT molecular complexity index is 1090. The summed E-state index contributed by atoms with van der Waals surface area (Å²) >= 11 is 5.97. The molecule has 0 atom stereocenters. The molecule has 3 rings (SSSR count). The second-order valence-corrected chi connectivity index (χ2v) is 10.2. The van der Waals surface area contributed by atoms with Crippen LogP contribution in [0.25, 0.3) is 0 Å². The number of methoxy groups -OCH3 is 2. The summed E-state index contributed by atoms with van der Waals surface area (Å²) in [6.45, 7) is 4.03. The number of amides is 1. The summed E-state index contributed by atoms with van der Waals surface area (Å²) in [7, 11) is -0.853. The van der Waals surface area contributed by atoms with E-state index in [4.69, 9.17) is 25.8 Å². The highest BCUT2D eigenvalue weighted by molar-refractivity contribution is 7.92. The van der Waals surface area contributed by atoms with Gasteiger partial charge in [-0.1, -0.05) is 23.7 Å². The van der Waals surface area contributed by atoms with Gasteiger partial charge in [0, 0.05) is 37.3 Å². The van der Waals surface area contributed by atoms with Gasteiger partial charge in [-0.3, -0.25) is 14.0 Å². The van der Waals surface area contributed by atoms with E-state index < -0.39 is 15.9 Å². The molecular weight excluding hydrogens is 482 g/mol. The maximum absolute atomic E-state index is 13.2. The van der Waals surface area contributed by atoms with Crippen molar-refractivity contribution in [2.75, 3.05) is 64.2 Å². The van der Waals surface area contributed by atoms with Crippen LogP contribution in [0.2, 0.25) is 5.02 Å². The average molecular weight is 512 g/mol. The van der Waals surface area contributed by atoms with Crippen molar-refractivity contribution in [2.45, 2.75) is 6.54 Å². The molecule has 1 fully saturated rings. The van der Waals surface area contributed by atoms with Crippen LogP contribution >= 0.6 is 11.6 Å². The summed E-state index contributed by atoms with van der Waals surface area (Å²) in [4.78, 5) is 15.4. The topological polar surface area (TPSA) is 97.4 Å². The van der Waals surface area contributed by atoms with Crippen LogP contribution in [-0.2, 0) is 21.3 Å². The molecular formula is C23H30ClN3O6S. The minimum absolute atomic E-state index is 0.0134. The molecule has 2 aromatic carbocycles. The number of ether oxygens (including phenoxy) is 3. The maximum atomic E-state index is 13.2. The SMILES string of the molecule is COc1cc(C(=O)NCCN2CCOCC2)c(N(Cc2ccc(Cl)cc2)S(C)(=O)=O)cc1OC. The summed E-state index contributed by atoms with van der Waals surface area (Å²) < 4.78 is 42.9. The highest BCUT2D eigenvalue weighted by Crippen LogP contribution is 2.37. The number of anilines is 1. The molecule has 186 valence electrons. The van der Waals surface area contributed by atoms with Crippen molar-refractivity contribution in [3.63, 3.8) is 0 Å². The van der Waals surface area contributed by atoms with Gasteiger partial charge in [0.2, 0.25) is 10.0 Å². The van der Waals surface area contributed by atoms with Gasteiger partial charge in [0.25, 0.3) is 5.91 Å². The highest BCUT2D eigenvalue weighted by Gasteiger charge is 2.26. The van der Waals surface area contributed by atoms with Crippen LogP contribution in [0, 0.1) is 0 Å². The summed E-state index contributed by atoms with van der Waals surface area (Å²) in [5.74, 6) is 0.227. The van der Waals surface area contributed by atoms with Gasteiger partial charge in [-0.05, 0) is 23.8 Å². The Kier molecular flexibility index (Phi) is 9.01. The maximum Gasteiger partial charge on any atom is 0.253 e. The first-order valence-corrected chi connectivity index (χ1v) is 13.0. The smallest absolute Gasteiger partial charge is 0.253 e. The van der Waals surface area contributed by atoms with E-state index in [1.165, 1.54) is 30.7 Å². The second kappa shape index (κ2) is 11.7. The monoisotopic (exact) mass is 511 g/mol. The van der Waals surface area contributed by atoms with Crippen molar-refractivity contribution in [3.05, 3.63) is 52.5 Å². The molecule has 0 saturated carbocycles. The van der Waals surface area contributed by atoms with E-state index in [2.05, 4.69) is 10.2 Å². The Balaban J connectivity index is 1.93. The van der Waals surface area contributed by atoms with Crippen LogP contribution in [0.1, 0.15) is 15.9 Å². The van der Waals surface area contributed by atoms with E-state index in [0.29, 0.717) is 48.4 Å². The number of carbonyl (C=O) groups is 1. The summed E-state index contributed by atoms with van der Waals surface area (Å²) in [5.41, 5.74) is 1.07. The lowest BCUT2D eigenvalue weighted by Crippen LogP contribution is -2.41. The lowest BCUT2D eigenvalue weighted by atomic mass is 10.1. The lowest BCUT2D eigenvalue weighted by molar-refractivity contribution is 0.0383. The number of hydrogen-bond acceptors (Lipinski definition) is 7. The Morgan fingerprint density at radius 2 is 1.74 bits per heavy atom. The van der Waals surface area contributed by atoms with Gasteiger partial charge < -0.3 is 19.5 Å². The van der Waals surface area contributed by atoms with Crippen LogP contribution in [0.4, 0.5) is 5.69 Å². The fraction of sp³-hybridized carbons (Fsp3) is 0.435. The molecule has 0 radical (unpaired) electrons. The number of hydrogen-bond donors (Lipinski definition) is 1. The third-order valence-corrected chi connectivity index (χ3v) is 6.85. The molecule has 1 amide bonds. The number of morpholine rings is 1. The first-order chi connectivity index (χ1) is 16.2. The van der Waals surface area contributed by atoms with Gasteiger partial charge in [0.15, 0.2) is 11.5 Å². The first-order valence-electron chi connectivity index (χ1n) is 10.8. The number of nitrogens with zero attached hydrogens (tertiary/aromatic N) is 2. The number of rotatable bonds is 10. The van der Waals surface area contributed by atoms with E-state index in [1.54, 1.807) is 24.3 Å². The molecule has 9 nitrogen and oxygen atoms in total. The van der Waals surface area contributed by atoms with E-state index in [-0.39, 0.29) is 17.8 Å². The van der Waals surface area contributed by atoms with Gasteiger partial charge >= 0.3 is 0 Å². The van der Waals surface area contributed by atoms with Crippen molar-refractivity contribution in [1.29, 1.82) is 0 Å². The zero-order valence-corrected chi connectivity index (χ0v) is 21.1. The molecule has 0 bridgehead atoms. The van der Waals surface area contributed by atoms with Crippen LogP contribution in [0.15, 0.2) is 36.4 Å². The molecule has 0 aliphatic carbocycles. The zero-order valence-electron chi connectivity index (χ0n) is 19.5. The number of benzene rings is 2.